The van der Waals surface area contributed by atoms with E-state index in [9.17, 15) is 8.42 Å². The first kappa shape index (κ1) is 15.2. The molecule has 4 nitrogen and oxygen atoms in total. The van der Waals surface area contributed by atoms with Crippen LogP contribution in [0.15, 0.2) is 24.3 Å². The molecule has 1 aromatic carbocycles. The zero-order valence-electron chi connectivity index (χ0n) is 9.30. The second-order valence-corrected chi connectivity index (χ2v) is 5.26. The molecule has 0 fully saturated rings. The van der Waals surface area contributed by atoms with E-state index in [2.05, 4.69) is 4.72 Å². The molecule has 0 heterocycles. The highest BCUT2D eigenvalue weighted by Gasteiger charge is 2.04. The Morgan fingerprint density at radius 3 is 2.19 bits per heavy atom. The van der Waals surface area contributed by atoms with Gasteiger partial charge in [0.25, 0.3) is 0 Å². The van der Waals surface area contributed by atoms with Crippen LogP contribution in [0.5, 0.6) is 0 Å². The number of rotatable bonds is 4. The quantitative estimate of drug-likeness (QED) is 0.872. The van der Waals surface area contributed by atoms with E-state index in [4.69, 9.17) is 5.73 Å². The molecule has 0 aliphatic heterocycles. The summed E-state index contributed by atoms with van der Waals surface area (Å²) < 4.78 is 24.3. The van der Waals surface area contributed by atoms with Gasteiger partial charge in [-0.15, -0.1) is 12.4 Å². The SMILES string of the molecule is CC[C@@H](N)c1ccc(NS(C)(=O)=O)cc1.Cl. The Morgan fingerprint density at radius 1 is 1.31 bits per heavy atom. The van der Waals surface area contributed by atoms with Crippen molar-refractivity contribution in [3.05, 3.63) is 29.8 Å². The summed E-state index contributed by atoms with van der Waals surface area (Å²) in [5.74, 6) is 0. The first-order valence-corrected chi connectivity index (χ1v) is 6.65. The summed E-state index contributed by atoms with van der Waals surface area (Å²) in [5, 5.41) is 0. The number of anilines is 1. The summed E-state index contributed by atoms with van der Waals surface area (Å²) in [7, 11) is -3.20. The maximum absolute atomic E-state index is 10.9. The van der Waals surface area contributed by atoms with Crippen molar-refractivity contribution in [1.82, 2.24) is 0 Å². The summed E-state index contributed by atoms with van der Waals surface area (Å²) in [6.07, 6.45) is 1.98. The highest BCUT2D eigenvalue weighted by molar-refractivity contribution is 7.92. The van der Waals surface area contributed by atoms with E-state index >= 15 is 0 Å². The van der Waals surface area contributed by atoms with E-state index in [-0.39, 0.29) is 18.4 Å². The Hall–Kier alpha value is -0.780. The van der Waals surface area contributed by atoms with Crippen molar-refractivity contribution >= 4 is 28.1 Å². The summed E-state index contributed by atoms with van der Waals surface area (Å²) in [6.45, 7) is 2.01. The number of nitrogens with one attached hydrogen (secondary N) is 1. The predicted octanol–water partition coefficient (Wildman–Crippen LogP) is 1.89. The van der Waals surface area contributed by atoms with Crippen molar-refractivity contribution in [1.29, 1.82) is 0 Å². The molecule has 0 radical (unpaired) electrons. The van der Waals surface area contributed by atoms with E-state index in [0.717, 1.165) is 18.2 Å². The topological polar surface area (TPSA) is 72.2 Å². The Labute approximate surface area is 103 Å². The third-order valence-electron chi connectivity index (χ3n) is 2.08. The predicted molar refractivity (Wildman–Crippen MR) is 69.4 cm³/mol. The van der Waals surface area contributed by atoms with E-state index < -0.39 is 10.0 Å². The lowest BCUT2D eigenvalue weighted by atomic mass is 10.1. The number of halogens is 1. The molecule has 1 aromatic rings. The van der Waals surface area contributed by atoms with E-state index in [1.807, 2.05) is 19.1 Å². The number of nitrogens with two attached hydrogens (primary N) is 1. The van der Waals surface area contributed by atoms with Gasteiger partial charge in [-0.2, -0.15) is 0 Å². The Kier molecular flexibility index (Phi) is 5.78. The van der Waals surface area contributed by atoms with Crippen molar-refractivity contribution in [2.24, 2.45) is 5.73 Å². The molecule has 1 atom stereocenters. The van der Waals surface area contributed by atoms with Crippen LogP contribution >= 0.6 is 12.4 Å². The van der Waals surface area contributed by atoms with Crippen LogP contribution in [-0.2, 0) is 10.0 Å². The van der Waals surface area contributed by atoms with Gasteiger partial charge in [-0.25, -0.2) is 8.42 Å². The number of sulfonamides is 1. The van der Waals surface area contributed by atoms with E-state index in [1.54, 1.807) is 12.1 Å². The highest BCUT2D eigenvalue weighted by Crippen LogP contribution is 2.17. The molecular formula is C10H17ClN2O2S. The van der Waals surface area contributed by atoms with Gasteiger partial charge in [0, 0.05) is 11.7 Å². The first-order valence-electron chi connectivity index (χ1n) is 4.75. The molecular weight excluding hydrogens is 248 g/mol. The fraction of sp³-hybridized carbons (Fsp3) is 0.400. The summed E-state index contributed by atoms with van der Waals surface area (Å²) in [6, 6.07) is 7.11. The van der Waals surface area contributed by atoms with Crippen molar-refractivity contribution < 1.29 is 8.42 Å². The molecule has 0 saturated heterocycles. The minimum absolute atomic E-state index is 0. The zero-order valence-corrected chi connectivity index (χ0v) is 10.9. The van der Waals surface area contributed by atoms with Gasteiger partial charge in [-0.05, 0) is 24.1 Å². The van der Waals surface area contributed by atoms with Gasteiger partial charge >= 0.3 is 0 Å². The van der Waals surface area contributed by atoms with Gasteiger partial charge in [-0.3, -0.25) is 4.72 Å². The molecule has 3 N–H and O–H groups in total. The Morgan fingerprint density at radius 2 is 1.81 bits per heavy atom. The van der Waals surface area contributed by atoms with Crippen LogP contribution in [0.2, 0.25) is 0 Å². The average Bonchev–Trinajstić information content (AvgIpc) is 2.15. The molecule has 0 amide bonds. The molecule has 92 valence electrons. The van der Waals surface area contributed by atoms with Gasteiger partial charge in [0.1, 0.15) is 0 Å². The number of hydrogen-bond acceptors (Lipinski definition) is 3. The standard InChI is InChI=1S/C10H16N2O2S.ClH/c1-3-10(11)8-4-6-9(7-5-8)12-15(2,13)14;/h4-7,10,12H,3,11H2,1-2H3;1H/t10-;/m1./s1. The fourth-order valence-electron chi connectivity index (χ4n) is 1.25. The second kappa shape index (κ2) is 6.08. The molecule has 0 spiro atoms. The van der Waals surface area contributed by atoms with Crippen LogP contribution < -0.4 is 10.5 Å². The normalized spacial score (nSPS) is 12.7. The van der Waals surface area contributed by atoms with Crippen molar-refractivity contribution in [2.45, 2.75) is 19.4 Å². The highest BCUT2D eigenvalue weighted by atomic mass is 35.5. The number of benzene rings is 1. The molecule has 0 unspecified atom stereocenters. The van der Waals surface area contributed by atoms with Crippen LogP contribution in [0.1, 0.15) is 24.9 Å². The van der Waals surface area contributed by atoms with Crippen LogP contribution in [0, 0.1) is 0 Å². The first-order chi connectivity index (χ1) is 6.92. The largest absolute Gasteiger partial charge is 0.324 e. The minimum atomic E-state index is -3.20. The lowest BCUT2D eigenvalue weighted by Gasteiger charge is -2.10. The lowest BCUT2D eigenvalue weighted by Crippen LogP contribution is -2.11. The molecule has 6 heteroatoms. The molecule has 0 saturated carbocycles. The molecule has 0 aliphatic carbocycles. The van der Waals surface area contributed by atoms with Crippen LogP contribution in [0.4, 0.5) is 5.69 Å². The molecule has 1 rings (SSSR count). The third-order valence-corrected chi connectivity index (χ3v) is 2.69. The zero-order chi connectivity index (χ0) is 11.5. The monoisotopic (exact) mass is 264 g/mol. The fourth-order valence-corrected chi connectivity index (χ4v) is 1.81. The lowest BCUT2D eigenvalue weighted by molar-refractivity contribution is 0.607. The van der Waals surface area contributed by atoms with Crippen molar-refractivity contribution in [2.75, 3.05) is 11.0 Å². The average molecular weight is 265 g/mol. The summed E-state index contributed by atoms with van der Waals surface area (Å²) in [5.41, 5.74) is 7.40. The Bertz CT molecular complexity index is 417. The van der Waals surface area contributed by atoms with Crippen molar-refractivity contribution in [3.63, 3.8) is 0 Å². The van der Waals surface area contributed by atoms with E-state index in [0.29, 0.717) is 5.69 Å². The summed E-state index contributed by atoms with van der Waals surface area (Å²) >= 11 is 0. The van der Waals surface area contributed by atoms with Crippen LogP contribution in [0.3, 0.4) is 0 Å². The molecule has 0 aliphatic rings. The Balaban J connectivity index is 0.00000225. The smallest absolute Gasteiger partial charge is 0.229 e. The van der Waals surface area contributed by atoms with Crippen molar-refractivity contribution in [3.8, 4) is 0 Å². The van der Waals surface area contributed by atoms with Gasteiger partial charge in [0.05, 0.1) is 6.26 Å². The van der Waals surface area contributed by atoms with Gasteiger partial charge in [-0.1, -0.05) is 19.1 Å². The number of hydrogen-bond donors (Lipinski definition) is 2. The molecule has 0 bridgehead atoms. The molecule has 16 heavy (non-hydrogen) atoms. The van der Waals surface area contributed by atoms with E-state index in [1.165, 1.54) is 0 Å². The van der Waals surface area contributed by atoms with Gasteiger partial charge < -0.3 is 5.73 Å². The van der Waals surface area contributed by atoms with Crippen LogP contribution in [-0.4, -0.2) is 14.7 Å². The van der Waals surface area contributed by atoms with Crippen LogP contribution in [0.25, 0.3) is 0 Å². The van der Waals surface area contributed by atoms with Gasteiger partial charge in [0.15, 0.2) is 0 Å². The van der Waals surface area contributed by atoms with Gasteiger partial charge in [0.2, 0.25) is 10.0 Å². The second-order valence-electron chi connectivity index (χ2n) is 3.51. The summed E-state index contributed by atoms with van der Waals surface area (Å²) in [4.78, 5) is 0. The maximum atomic E-state index is 10.9. The molecule has 0 aromatic heterocycles. The third kappa shape index (κ3) is 4.83. The minimum Gasteiger partial charge on any atom is -0.324 e. The maximum Gasteiger partial charge on any atom is 0.229 e.